The predicted octanol–water partition coefficient (Wildman–Crippen LogP) is 4.53. The summed E-state index contributed by atoms with van der Waals surface area (Å²) in [5, 5.41) is 12.5. The molecule has 2 heterocycles. The summed E-state index contributed by atoms with van der Waals surface area (Å²) in [4.78, 5) is 2.53. The van der Waals surface area contributed by atoms with E-state index in [0.717, 1.165) is 55.1 Å². The van der Waals surface area contributed by atoms with E-state index < -0.39 is 0 Å². The Hall–Kier alpha value is -2.72. The van der Waals surface area contributed by atoms with E-state index in [4.69, 9.17) is 0 Å². The minimum absolute atomic E-state index is 0.465. The van der Waals surface area contributed by atoms with Crippen molar-refractivity contribution in [2.75, 3.05) is 18.4 Å². The highest BCUT2D eigenvalue weighted by atomic mass is 15.2. The Bertz CT molecular complexity index is 856. The van der Waals surface area contributed by atoms with Crippen molar-refractivity contribution in [2.45, 2.75) is 32.4 Å². The average molecular weight is 358 g/mol. The Morgan fingerprint density at radius 1 is 0.926 bits per heavy atom. The summed E-state index contributed by atoms with van der Waals surface area (Å²) >= 11 is 0. The SMILES string of the molecule is Cc1cc(-c2ccccc2)nnc1NC1CCN(Cc2ccccc2)CC1. The van der Waals surface area contributed by atoms with Crippen molar-refractivity contribution in [3.05, 3.63) is 77.9 Å². The maximum Gasteiger partial charge on any atom is 0.151 e. The second-order valence-corrected chi connectivity index (χ2v) is 7.31. The van der Waals surface area contributed by atoms with Gasteiger partial charge in [-0.05, 0) is 37.0 Å². The van der Waals surface area contributed by atoms with Gasteiger partial charge in [-0.2, -0.15) is 0 Å². The molecule has 4 rings (SSSR count). The van der Waals surface area contributed by atoms with Crippen LogP contribution < -0.4 is 5.32 Å². The molecular formula is C23H26N4. The van der Waals surface area contributed by atoms with E-state index >= 15 is 0 Å². The molecule has 4 heteroatoms. The van der Waals surface area contributed by atoms with Crippen molar-refractivity contribution >= 4 is 5.82 Å². The van der Waals surface area contributed by atoms with Crippen LogP contribution in [0.3, 0.4) is 0 Å². The number of nitrogens with one attached hydrogen (secondary N) is 1. The molecule has 0 aliphatic carbocycles. The van der Waals surface area contributed by atoms with Gasteiger partial charge in [0, 0.05) is 31.2 Å². The summed E-state index contributed by atoms with van der Waals surface area (Å²) in [7, 11) is 0. The van der Waals surface area contributed by atoms with E-state index in [0.29, 0.717) is 6.04 Å². The van der Waals surface area contributed by atoms with Gasteiger partial charge in [0.05, 0.1) is 5.69 Å². The van der Waals surface area contributed by atoms with E-state index in [-0.39, 0.29) is 0 Å². The van der Waals surface area contributed by atoms with E-state index in [2.05, 4.69) is 75.9 Å². The fourth-order valence-corrected chi connectivity index (χ4v) is 3.65. The largest absolute Gasteiger partial charge is 0.366 e. The molecule has 1 N–H and O–H groups in total. The van der Waals surface area contributed by atoms with Crippen LogP contribution in [0.25, 0.3) is 11.3 Å². The molecule has 0 unspecified atom stereocenters. The topological polar surface area (TPSA) is 41.1 Å². The number of anilines is 1. The van der Waals surface area contributed by atoms with E-state index in [1.807, 2.05) is 18.2 Å². The molecule has 0 bridgehead atoms. The number of aromatic nitrogens is 2. The van der Waals surface area contributed by atoms with Gasteiger partial charge in [-0.3, -0.25) is 4.90 Å². The molecule has 0 amide bonds. The summed E-state index contributed by atoms with van der Waals surface area (Å²) in [6.07, 6.45) is 2.27. The molecule has 1 aliphatic rings. The minimum atomic E-state index is 0.465. The first-order chi connectivity index (χ1) is 13.3. The molecule has 0 atom stereocenters. The number of nitrogens with zero attached hydrogens (tertiary/aromatic N) is 3. The van der Waals surface area contributed by atoms with Crippen molar-refractivity contribution in [1.82, 2.24) is 15.1 Å². The molecule has 1 aromatic heterocycles. The lowest BCUT2D eigenvalue weighted by Crippen LogP contribution is -2.38. The Balaban J connectivity index is 1.34. The summed E-state index contributed by atoms with van der Waals surface area (Å²) < 4.78 is 0. The Morgan fingerprint density at radius 2 is 1.59 bits per heavy atom. The normalized spacial score (nSPS) is 15.6. The van der Waals surface area contributed by atoms with Gasteiger partial charge in [0.15, 0.2) is 5.82 Å². The molecule has 1 fully saturated rings. The van der Waals surface area contributed by atoms with Crippen LogP contribution in [0.1, 0.15) is 24.0 Å². The van der Waals surface area contributed by atoms with Gasteiger partial charge in [0.1, 0.15) is 0 Å². The molecule has 27 heavy (non-hydrogen) atoms. The standard InChI is InChI=1S/C23H26N4/c1-18-16-22(20-10-6-3-7-11-20)25-26-23(18)24-21-12-14-27(15-13-21)17-19-8-4-2-5-9-19/h2-11,16,21H,12-15,17H2,1H3,(H,24,26). The van der Waals surface area contributed by atoms with Crippen LogP contribution >= 0.6 is 0 Å². The van der Waals surface area contributed by atoms with Gasteiger partial charge in [0.2, 0.25) is 0 Å². The predicted molar refractivity (Wildman–Crippen MR) is 111 cm³/mol. The molecule has 2 aromatic carbocycles. The molecule has 0 spiro atoms. The average Bonchev–Trinajstić information content (AvgIpc) is 2.72. The minimum Gasteiger partial charge on any atom is -0.366 e. The highest BCUT2D eigenvalue weighted by Crippen LogP contribution is 2.22. The van der Waals surface area contributed by atoms with Crippen LogP contribution in [0.15, 0.2) is 66.7 Å². The van der Waals surface area contributed by atoms with Crippen molar-refractivity contribution in [1.29, 1.82) is 0 Å². The molecular weight excluding hydrogens is 332 g/mol. The van der Waals surface area contributed by atoms with Gasteiger partial charge in [-0.1, -0.05) is 60.7 Å². The molecule has 4 nitrogen and oxygen atoms in total. The first kappa shape index (κ1) is 17.7. The first-order valence-electron chi connectivity index (χ1n) is 9.70. The summed E-state index contributed by atoms with van der Waals surface area (Å²) in [6, 6.07) is 23.5. The summed E-state index contributed by atoms with van der Waals surface area (Å²) in [6.45, 7) is 5.37. The number of benzene rings is 2. The smallest absolute Gasteiger partial charge is 0.151 e. The monoisotopic (exact) mass is 358 g/mol. The summed E-state index contributed by atoms with van der Waals surface area (Å²) in [5.41, 5.74) is 4.57. The Labute approximate surface area is 161 Å². The van der Waals surface area contributed by atoms with Gasteiger partial charge in [-0.15, -0.1) is 10.2 Å². The lowest BCUT2D eigenvalue weighted by atomic mass is 10.0. The van der Waals surface area contributed by atoms with Crippen LogP contribution in [-0.2, 0) is 6.54 Å². The highest BCUT2D eigenvalue weighted by molar-refractivity contribution is 5.61. The number of hydrogen-bond donors (Lipinski definition) is 1. The third kappa shape index (κ3) is 4.52. The van der Waals surface area contributed by atoms with Crippen LogP contribution in [0.2, 0.25) is 0 Å². The second kappa shape index (κ2) is 8.31. The molecule has 138 valence electrons. The van der Waals surface area contributed by atoms with Gasteiger partial charge >= 0.3 is 0 Å². The van der Waals surface area contributed by atoms with Crippen LogP contribution in [0, 0.1) is 6.92 Å². The maximum atomic E-state index is 4.46. The molecule has 0 saturated carbocycles. The molecule has 1 saturated heterocycles. The Kier molecular flexibility index (Phi) is 5.45. The fourth-order valence-electron chi connectivity index (χ4n) is 3.65. The van der Waals surface area contributed by atoms with E-state index in [1.54, 1.807) is 0 Å². The van der Waals surface area contributed by atoms with Crippen LogP contribution in [0.5, 0.6) is 0 Å². The lowest BCUT2D eigenvalue weighted by molar-refractivity contribution is 0.211. The lowest BCUT2D eigenvalue weighted by Gasteiger charge is -2.32. The third-order valence-corrected chi connectivity index (χ3v) is 5.23. The van der Waals surface area contributed by atoms with Crippen molar-refractivity contribution < 1.29 is 0 Å². The first-order valence-corrected chi connectivity index (χ1v) is 9.70. The number of rotatable bonds is 5. The van der Waals surface area contributed by atoms with Gasteiger partial charge < -0.3 is 5.32 Å². The zero-order chi connectivity index (χ0) is 18.5. The van der Waals surface area contributed by atoms with Gasteiger partial charge in [-0.25, -0.2) is 0 Å². The number of aryl methyl sites for hydroxylation is 1. The van der Waals surface area contributed by atoms with Crippen LogP contribution in [0.4, 0.5) is 5.82 Å². The molecule has 0 radical (unpaired) electrons. The quantitative estimate of drug-likeness (QED) is 0.728. The van der Waals surface area contributed by atoms with Crippen molar-refractivity contribution in [3.8, 4) is 11.3 Å². The zero-order valence-electron chi connectivity index (χ0n) is 15.8. The molecule has 1 aliphatic heterocycles. The maximum absolute atomic E-state index is 4.46. The highest BCUT2D eigenvalue weighted by Gasteiger charge is 2.20. The van der Waals surface area contributed by atoms with E-state index in [1.165, 1.54) is 5.56 Å². The zero-order valence-corrected chi connectivity index (χ0v) is 15.8. The Morgan fingerprint density at radius 3 is 2.26 bits per heavy atom. The molecule has 3 aromatic rings. The van der Waals surface area contributed by atoms with Crippen molar-refractivity contribution in [2.24, 2.45) is 0 Å². The van der Waals surface area contributed by atoms with Crippen LogP contribution in [-0.4, -0.2) is 34.2 Å². The fraction of sp³-hybridized carbons (Fsp3) is 0.304. The number of hydrogen-bond acceptors (Lipinski definition) is 4. The number of likely N-dealkylation sites (tertiary alicyclic amines) is 1. The number of piperidine rings is 1. The van der Waals surface area contributed by atoms with Gasteiger partial charge in [0.25, 0.3) is 0 Å². The van der Waals surface area contributed by atoms with E-state index in [9.17, 15) is 0 Å². The summed E-state index contributed by atoms with van der Waals surface area (Å²) in [5.74, 6) is 0.913. The third-order valence-electron chi connectivity index (χ3n) is 5.23. The van der Waals surface area contributed by atoms with Crippen molar-refractivity contribution in [3.63, 3.8) is 0 Å². The second-order valence-electron chi connectivity index (χ2n) is 7.31.